The van der Waals surface area contributed by atoms with Crippen LogP contribution < -0.4 is 4.74 Å². The number of hydrogen-bond acceptors (Lipinski definition) is 2. The third kappa shape index (κ3) is 4.59. The van der Waals surface area contributed by atoms with Crippen molar-refractivity contribution >= 4 is 12.4 Å². The van der Waals surface area contributed by atoms with E-state index in [-0.39, 0.29) is 18.6 Å². The van der Waals surface area contributed by atoms with E-state index in [2.05, 4.69) is 11.8 Å². The second kappa shape index (κ2) is 7.71. The lowest BCUT2D eigenvalue weighted by atomic mass is 10.00. The molecule has 0 atom stereocenters. The summed E-state index contributed by atoms with van der Waals surface area (Å²) >= 11 is 0. The first-order chi connectivity index (χ1) is 12.9. The molecule has 2 aromatic carbocycles. The highest BCUT2D eigenvalue weighted by atomic mass is 19.4. The monoisotopic (exact) mass is 370 g/mol. The summed E-state index contributed by atoms with van der Waals surface area (Å²) in [7, 11) is 0. The van der Waals surface area contributed by atoms with Crippen LogP contribution in [0.1, 0.15) is 34.2 Å². The lowest BCUT2D eigenvalue weighted by Gasteiger charge is -2.15. The maximum atomic E-state index is 13.1. The average molecular weight is 370 g/mol. The molecule has 0 aromatic heterocycles. The molecule has 0 amide bonds. The molecule has 0 fully saturated rings. The second-order valence-electron chi connectivity index (χ2n) is 6.34. The number of fused-ring (bicyclic) bond motifs is 1. The third-order valence-electron chi connectivity index (χ3n) is 4.22. The van der Waals surface area contributed by atoms with Crippen molar-refractivity contribution in [3.05, 3.63) is 69.8 Å². The zero-order valence-corrected chi connectivity index (χ0v) is 14.7. The van der Waals surface area contributed by atoms with E-state index in [4.69, 9.17) is 4.74 Å². The van der Waals surface area contributed by atoms with Crippen LogP contribution in [0, 0.1) is 18.8 Å². The summed E-state index contributed by atoms with van der Waals surface area (Å²) in [4.78, 5) is 10.8. The van der Waals surface area contributed by atoms with Crippen LogP contribution in [-0.2, 0) is 17.4 Å². The molecule has 0 bridgehead atoms. The predicted molar refractivity (Wildman–Crippen MR) is 97.4 cm³/mol. The molecular formula is C22H17F3O2. The summed E-state index contributed by atoms with van der Waals surface area (Å²) in [6, 6.07) is 9.75. The van der Waals surface area contributed by atoms with Gasteiger partial charge < -0.3 is 4.74 Å². The smallest absolute Gasteiger partial charge is 0.416 e. The van der Waals surface area contributed by atoms with Crippen molar-refractivity contribution < 1.29 is 22.7 Å². The summed E-state index contributed by atoms with van der Waals surface area (Å²) < 4.78 is 44.9. The first-order valence-corrected chi connectivity index (χ1v) is 8.45. The number of aryl methyl sites for hydroxylation is 2. The van der Waals surface area contributed by atoms with Gasteiger partial charge in [0.05, 0.1) is 5.56 Å². The van der Waals surface area contributed by atoms with Gasteiger partial charge in [-0.15, -0.1) is 0 Å². The van der Waals surface area contributed by atoms with Crippen molar-refractivity contribution in [1.82, 2.24) is 0 Å². The zero-order chi connectivity index (χ0) is 19.4. The summed E-state index contributed by atoms with van der Waals surface area (Å²) in [5.41, 5.74) is 2.34. The van der Waals surface area contributed by atoms with Crippen LogP contribution in [0.25, 0.3) is 6.08 Å². The Bertz CT molecular complexity index is 960. The molecule has 0 spiro atoms. The minimum absolute atomic E-state index is 0.223. The maximum absolute atomic E-state index is 13.1. The first-order valence-electron chi connectivity index (χ1n) is 8.45. The molecule has 2 nitrogen and oxygen atoms in total. The Balaban J connectivity index is 1.71. The highest BCUT2D eigenvalue weighted by Gasteiger charge is 2.32. The van der Waals surface area contributed by atoms with Crippen LogP contribution >= 0.6 is 0 Å². The fraction of sp³-hybridized carbons (Fsp3) is 0.227. The Morgan fingerprint density at radius 1 is 1.19 bits per heavy atom. The lowest BCUT2D eigenvalue weighted by molar-refractivity contribution is -0.138. The Kier molecular flexibility index (Phi) is 5.36. The van der Waals surface area contributed by atoms with Gasteiger partial charge in [-0.2, -0.15) is 13.2 Å². The molecule has 2 aromatic rings. The minimum atomic E-state index is -4.36. The van der Waals surface area contributed by atoms with Gasteiger partial charge in [0.15, 0.2) is 0 Å². The first kappa shape index (κ1) is 18.8. The van der Waals surface area contributed by atoms with Crippen molar-refractivity contribution in [3.8, 4) is 17.6 Å². The number of halogens is 3. The number of rotatable bonds is 3. The molecule has 27 heavy (non-hydrogen) atoms. The van der Waals surface area contributed by atoms with Gasteiger partial charge in [-0.3, -0.25) is 4.79 Å². The van der Waals surface area contributed by atoms with Crippen LogP contribution in [0.15, 0.2) is 42.0 Å². The van der Waals surface area contributed by atoms with Gasteiger partial charge in [-0.25, -0.2) is 0 Å². The second-order valence-corrected chi connectivity index (χ2v) is 6.34. The molecule has 1 heterocycles. The number of carbonyl (C=O) groups excluding carboxylic acids is 1. The standard InChI is InChI=1S/C22H17F3O2/c1-15-6-8-18(20(10-15)22(23,24)25)5-3-2-4-16-7-9-19-11-17(13-26)14-27-21(19)12-16/h6-13H,3,5,14H2,1H3. The predicted octanol–water partition coefficient (Wildman–Crippen LogP) is 4.97. The number of benzene rings is 2. The fourth-order valence-corrected chi connectivity index (χ4v) is 2.86. The van der Waals surface area contributed by atoms with E-state index in [0.717, 1.165) is 17.4 Å². The maximum Gasteiger partial charge on any atom is 0.416 e. The normalized spacial score (nSPS) is 13.0. The highest BCUT2D eigenvalue weighted by molar-refractivity contribution is 5.84. The van der Waals surface area contributed by atoms with E-state index < -0.39 is 11.7 Å². The fourth-order valence-electron chi connectivity index (χ4n) is 2.86. The van der Waals surface area contributed by atoms with Crippen molar-refractivity contribution in [2.75, 3.05) is 6.61 Å². The molecule has 0 saturated heterocycles. The summed E-state index contributed by atoms with van der Waals surface area (Å²) in [6.07, 6.45) is -1.29. The van der Waals surface area contributed by atoms with Crippen molar-refractivity contribution in [3.63, 3.8) is 0 Å². The zero-order valence-electron chi connectivity index (χ0n) is 14.7. The summed E-state index contributed by atoms with van der Waals surface area (Å²) in [5.74, 6) is 6.53. The Hall–Kier alpha value is -3.00. The lowest BCUT2D eigenvalue weighted by Crippen LogP contribution is -2.09. The van der Waals surface area contributed by atoms with Gasteiger partial charge in [-0.05, 0) is 43.2 Å². The van der Waals surface area contributed by atoms with E-state index >= 15 is 0 Å². The quantitative estimate of drug-likeness (QED) is 0.563. The van der Waals surface area contributed by atoms with Crippen molar-refractivity contribution in [2.45, 2.75) is 25.9 Å². The molecular weight excluding hydrogens is 353 g/mol. The number of ether oxygens (including phenoxy) is 1. The third-order valence-corrected chi connectivity index (χ3v) is 4.22. The molecule has 138 valence electrons. The summed E-state index contributed by atoms with van der Waals surface area (Å²) in [5, 5.41) is 0. The molecule has 3 rings (SSSR count). The van der Waals surface area contributed by atoms with Crippen LogP contribution in [-0.4, -0.2) is 12.9 Å². The molecule has 0 unspecified atom stereocenters. The number of hydrogen-bond donors (Lipinski definition) is 0. The van der Waals surface area contributed by atoms with E-state index in [0.29, 0.717) is 23.3 Å². The largest absolute Gasteiger partial charge is 0.488 e. The van der Waals surface area contributed by atoms with Crippen LogP contribution in [0.3, 0.4) is 0 Å². The van der Waals surface area contributed by atoms with Crippen LogP contribution in [0.4, 0.5) is 13.2 Å². The SMILES string of the molecule is Cc1ccc(CCC#Cc2ccc3c(c2)OCC(C=O)=C3)c(C(F)(F)F)c1. The van der Waals surface area contributed by atoms with Gasteiger partial charge in [0.25, 0.3) is 0 Å². The molecule has 0 radical (unpaired) electrons. The molecule has 1 aliphatic heterocycles. The van der Waals surface area contributed by atoms with Crippen molar-refractivity contribution in [1.29, 1.82) is 0 Å². The molecule has 1 aliphatic rings. The molecule has 0 N–H and O–H groups in total. The van der Waals surface area contributed by atoms with Gasteiger partial charge in [-0.1, -0.05) is 35.6 Å². The highest BCUT2D eigenvalue weighted by Crippen LogP contribution is 2.33. The van der Waals surface area contributed by atoms with Gasteiger partial charge in [0.2, 0.25) is 0 Å². The summed E-state index contributed by atoms with van der Waals surface area (Å²) in [6.45, 7) is 1.87. The van der Waals surface area contributed by atoms with E-state index in [9.17, 15) is 18.0 Å². The van der Waals surface area contributed by atoms with Gasteiger partial charge in [0, 0.05) is 23.1 Å². The number of alkyl halides is 3. The van der Waals surface area contributed by atoms with E-state index in [1.54, 1.807) is 31.2 Å². The van der Waals surface area contributed by atoms with Crippen LogP contribution in [0.5, 0.6) is 5.75 Å². The van der Waals surface area contributed by atoms with Crippen molar-refractivity contribution in [2.24, 2.45) is 0 Å². The Labute approximate surface area is 155 Å². The molecule has 5 heteroatoms. The molecule has 0 aliphatic carbocycles. The minimum Gasteiger partial charge on any atom is -0.488 e. The van der Waals surface area contributed by atoms with Crippen LogP contribution in [0.2, 0.25) is 0 Å². The van der Waals surface area contributed by atoms with E-state index in [1.807, 2.05) is 6.07 Å². The average Bonchev–Trinajstić information content (AvgIpc) is 2.64. The Morgan fingerprint density at radius 2 is 2.00 bits per heavy atom. The van der Waals surface area contributed by atoms with E-state index in [1.165, 1.54) is 12.1 Å². The number of carbonyl (C=O) groups is 1. The number of aldehydes is 1. The molecule has 0 saturated carbocycles. The topological polar surface area (TPSA) is 26.3 Å². The van der Waals surface area contributed by atoms with Gasteiger partial charge in [0.1, 0.15) is 18.6 Å². The Morgan fingerprint density at radius 3 is 2.74 bits per heavy atom. The van der Waals surface area contributed by atoms with Gasteiger partial charge >= 0.3 is 6.18 Å².